The Morgan fingerprint density at radius 1 is 1.06 bits per heavy atom. The number of hydrogen-bond donors (Lipinski definition) is 2. The van der Waals surface area contributed by atoms with Crippen LogP contribution in [-0.2, 0) is 13.0 Å². The van der Waals surface area contributed by atoms with Gasteiger partial charge in [0.2, 0.25) is 0 Å². The molecule has 4 aromatic rings. The number of rotatable bonds is 8. The molecule has 1 aliphatic heterocycles. The molecule has 1 aromatic heterocycles. The number of aliphatic hydroxyl groups excluding tert-OH is 1. The Kier molecular flexibility index (Phi) is 7.32. The van der Waals surface area contributed by atoms with Crippen LogP contribution in [0.4, 0.5) is 0 Å². The average Bonchev–Trinajstić information content (AvgIpc) is 3.31. The van der Waals surface area contributed by atoms with Crippen LogP contribution in [0.5, 0.6) is 0 Å². The Labute approximate surface area is 219 Å². The van der Waals surface area contributed by atoms with Crippen LogP contribution < -0.4 is 5.32 Å². The number of β-amino-alcohol motifs (C(OH)–C–C–N with tert-alkyl or cyclic N) is 1. The van der Waals surface area contributed by atoms with Gasteiger partial charge in [-0.05, 0) is 80.6 Å². The van der Waals surface area contributed by atoms with Crippen LogP contribution >= 0.6 is 11.6 Å². The minimum atomic E-state index is -0.446. The van der Waals surface area contributed by atoms with Crippen molar-refractivity contribution in [3.05, 3.63) is 88.6 Å². The number of aryl methyl sites for hydroxylation is 1. The molecule has 2 unspecified atom stereocenters. The van der Waals surface area contributed by atoms with E-state index in [2.05, 4.69) is 103 Å². The summed E-state index contributed by atoms with van der Waals surface area (Å²) in [5, 5.41) is 19.0. The summed E-state index contributed by atoms with van der Waals surface area (Å²) in [6.45, 7) is 8.72. The van der Waals surface area contributed by atoms with Crippen LogP contribution in [0.3, 0.4) is 0 Å². The molecule has 5 rings (SSSR count). The second-order valence-electron chi connectivity index (χ2n) is 11.0. The lowest BCUT2D eigenvalue weighted by atomic mass is 9.93. The maximum atomic E-state index is 11.2. The molecular weight excluding hydrogens is 466 g/mol. The Hall–Kier alpha value is -2.50. The number of hydrogen-bond acceptors (Lipinski definition) is 4. The number of fused-ring (bicyclic) bond motifs is 2. The number of benzene rings is 3. The van der Waals surface area contributed by atoms with Gasteiger partial charge in [-0.3, -0.25) is 4.90 Å². The van der Waals surface area contributed by atoms with Gasteiger partial charge in [0.15, 0.2) is 0 Å². The first-order valence-electron chi connectivity index (χ1n) is 13.0. The molecule has 0 bridgehead atoms. The molecule has 3 aromatic carbocycles. The van der Waals surface area contributed by atoms with Crippen molar-refractivity contribution in [1.82, 2.24) is 15.2 Å². The molecule has 5 heteroatoms. The summed E-state index contributed by atoms with van der Waals surface area (Å²) in [7, 11) is 0. The van der Waals surface area contributed by atoms with E-state index in [0.29, 0.717) is 18.2 Å². The molecule has 1 saturated heterocycles. The van der Waals surface area contributed by atoms with Crippen LogP contribution in [0, 0.1) is 6.92 Å². The second-order valence-corrected chi connectivity index (χ2v) is 11.4. The van der Waals surface area contributed by atoms with Crippen molar-refractivity contribution in [2.24, 2.45) is 0 Å². The van der Waals surface area contributed by atoms with Crippen LogP contribution in [0.25, 0.3) is 21.7 Å². The third-order valence-electron chi connectivity index (χ3n) is 7.48. The highest BCUT2D eigenvalue weighted by Crippen LogP contribution is 2.28. The summed E-state index contributed by atoms with van der Waals surface area (Å²) in [5.41, 5.74) is 4.31. The lowest BCUT2D eigenvalue weighted by Gasteiger charge is -2.33. The molecule has 36 heavy (non-hydrogen) atoms. The van der Waals surface area contributed by atoms with Gasteiger partial charge in [-0.15, -0.1) is 0 Å². The average molecular weight is 502 g/mol. The molecule has 188 valence electrons. The van der Waals surface area contributed by atoms with Gasteiger partial charge in [0.1, 0.15) is 5.15 Å². The number of aliphatic hydroxyl groups is 1. The van der Waals surface area contributed by atoms with Crippen molar-refractivity contribution in [3.63, 3.8) is 0 Å². The van der Waals surface area contributed by atoms with Crippen LogP contribution in [0.15, 0.2) is 66.7 Å². The molecule has 1 fully saturated rings. The Morgan fingerprint density at radius 2 is 1.83 bits per heavy atom. The van der Waals surface area contributed by atoms with Gasteiger partial charge in [-0.1, -0.05) is 66.2 Å². The summed E-state index contributed by atoms with van der Waals surface area (Å²) in [6.07, 6.45) is 2.53. The number of halogens is 1. The lowest BCUT2D eigenvalue weighted by Crippen LogP contribution is -2.50. The summed E-state index contributed by atoms with van der Waals surface area (Å²) in [4.78, 5) is 7.01. The second kappa shape index (κ2) is 10.5. The largest absolute Gasteiger partial charge is 0.390 e. The zero-order valence-corrected chi connectivity index (χ0v) is 22.2. The van der Waals surface area contributed by atoms with Crippen molar-refractivity contribution in [2.75, 3.05) is 13.1 Å². The van der Waals surface area contributed by atoms with E-state index in [1.807, 2.05) is 0 Å². The number of nitrogens with zero attached hydrogens (tertiary/aromatic N) is 2. The van der Waals surface area contributed by atoms with Crippen molar-refractivity contribution < 1.29 is 5.11 Å². The quantitative estimate of drug-likeness (QED) is 0.279. The van der Waals surface area contributed by atoms with E-state index in [1.165, 1.54) is 21.9 Å². The fourth-order valence-corrected chi connectivity index (χ4v) is 5.75. The number of likely N-dealkylation sites (tertiary alicyclic amines) is 1. The summed E-state index contributed by atoms with van der Waals surface area (Å²) < 4.78 is 0. The lowest BCUT2D eigenvalue weighted by molar-refractivity contribution is 0.0633. The van der Waals surface area contributed by atoms with E-state index < -0.39 is 6.10 Å². The van der Waals surface area contributed by atoms with Gasteiger partial charge in [-0.25, -0.2) is 4.98 Å². The fourth-order valence-electron chi connectivity index (χ4n) is 5.55. The van der Waals surface area contributed by atoms with E-state index in [0.717, 1.165) is 42.3 Å². The standard InChI is InChI=1S/C31H36ClN3O/c1-21-10-12-25-17-26(30(32)34-27(25)15-21)20-35-14-6-9-28(35)29(36)19-33-31(2,3)18-22-11-13-23-7-4-5-8-24(23)16-22/h4-5,7-8,10-13,15-17,28-29,33,36H,6,9,14,18-20H2,1-3H3. The van der Waals surface area contributed by atoms with Gasteiger partial charge in [0.05, 0.1) is 11.6 Å². The maximum absolute atomic E-state index is 11.2. The normalized spacial score (nSPS) is 17.8. The number of nitrogens with one attached hydrogen (secondary N) is 1. The predicted octanol–water partition coefficient (Wildman–Crippen LogP) is 6.29. The summed E-state index contributed by atoms with van der Waals surface area (Å²) in [6, 6.07) is 23.7. The molecule has 0 amide bonds. The molecule has 2 N–H and O–H groups in total. The van der Waals surface area contributed by atoms with E-state index >= 15 is 0 Å². The zero-order chi connectivity index (χ0) is 25.3. The van der Waals surface area contributed by atoms with Crippen LogP contribution in [0.1, 0.15) is 43.4 Å². The van der Waals surface area contributed by atoms with Crippen LogP contribution in [-0.4, -0.2) is 45.8 Å². The highest BCUT2D eigenvalue weighted by Gasteiger charge is 2.32. The molecule has 0 aliphatic carbocycles. The van der Waals surface area contributed by atoms with E-state index in [9.17, 15) is 5.11 Å². The predicted molar refractivity (Wildman–Crippen MR) is 151 cm³/mol. The minimum absolute atomic E-state index is 0.110. The highest BCUT2D eigenvalue weighted by molar-refractivity contribution is 6.30. The third kappa shape index (κ3) is 5.73. The van der Waals surface area contributed by atoms with Gasteiger partial charge < -0.3 is 10.4 Å². The molecule has 0 saturated carbocycles. The monoisotopic (exact) mass is 501 g/mol. The first-order valence-corrected chi connectivity index (χ1v) is 13.4. The minimum Gasteiger partial charge on any atom is -0.390 e. The summed E-state index contributed by atoms with van der Waals surface area (Å²) in [5.74, 6) is 0. The van der Waals surface area contributed by atoms with Gasteiger partial charge in [-0.2, -0.15) is 0 Å². The molecule has 2 heterocycles. The van der Waals surface area contributed by atoms with E-state index in [4.69, 9.17) is 11.6 Å². The van der Waals surface area contributed by atoms with Crippen molar-refractivity contribution >= 4 is 33.3 Å². The van der Waals surface area contributed by atoms with Crippen molar-refractivity contribution in [1.29, 1.82) is 0 Å². The zero-order valence-electron chi connectivity index (χ0n) is 21.5. The molecule has 2 atom stereocenters. The van der Waals surface area contributed by atoms with Gasteiger partial charge >= 0.3 is 0 Å². The molecule has 0 radical (unpaired) electrons. The third-order valence-corrected chi connectivity index (χ3v) is 7.81. The maximum Gasteiger partial charge on any atom is 0.134 e. The first-order chi connectivity index (χ1) is 17.3. The molecule has 1 aliphatic rings. The highest BCUT2D eigenvalue weighted by atomic mass is 35.5. The smallest absolute Gasteiger partial charge is 0.134 e. The van der Waals surface area contributed by atoms with Gasteiger partial charge in [0.25, 0.3) is 0 Å². The SMILES string of the molecule is Cc1ccc2cc(CN3CCCC3C(O)CNC(C)(C)Cc3ccc4ccccc4c3)c(Cl)nc2c1. The van der Waals surface area contributed by atoms with E-state index in [1.54, 1.807) is 0 Å². The fraction of sp³-hybridized carbons (Fsp3) is 0.387. The number of aromatic nitrogens is 1. The molecular formula is C31H36ClN3O. The molecule has 0 spiro atoms. The topological polar surface area (TPSA) is 48.4 Å². The van der Waals surface area contributed by atoms with Crippen molar-refractivity contribution in [2.45, 2.75) is 64.3 Å². The van der Waals surface area contributed by atoms with Crippen molar-refractivity contribution in [3.8, 4) is 0 Å². The Morgan fingerprint density at radius 3 is 2.67 bits per heavy atom. The van der Waals surface area contributed by atoms with E-state index in [-0.39, 0.29) is 11.6 Å². The Balaban J connectivity index is 1.22. The van der Waals surface area contributed by atoms with Crippen LogP contribution in [0.2, 0.25) is 5.15 Å². The van der Waals surface area contributed by atoms with Gasteiger partial charge in [0, 0.05) is 35.6 Å². The summed E-state index contributed by atoms with van der Waals surface area (Å²) >= 11 is 6.58. The molecule has 4 nitrogen and oxygen atoms in total. The Bertz CT molecular complexity index is 1370. The first kappa shape index (κ1) is 25.2. The number of pyridine rings is 1.